The van der Waals surface area contributed by atoms with Gasteiger partial charge in [0.1, 0.15) is 12.6 Å². The number of nitrogens with one attached hydrogen (secondary N) is 1. The molecule has 0 spiro atoms. The highest BCUT2D eigenvalue weighted by atomic mass is 16.5. The van der Waals surface area contributed by atoms with Gasteiger partial charge in [0, 0.05) is 7.05 Å². The summed E-state index contributed by atoms with van der Waals surface area (Å²) in [6, 6.07) is -1.49. The van der Waals surface area contributed by atoms with Crippen LogP contribution in [0.4, 0.5) is 4.79 Å². The minimum absolute atomic E-state index is 0.162. The minimum atomic E-state index is -0.763. The van der Waals surface area contributed by atoms with Crippen LogP contribution in [0.2, 0.25) is 0 Å². The van der Waals surface area contributed by atoms with Crippen molar-refractivity contribution < 1.29 is 19.1 Å². The number of nitrogens with two attached hydrogens (primary N) is 1. The van der Waals surface area contributed by atoms with Gasteiger partial charge < -0.3 is 20.7 Å². The first-order valence-electron chi connectivity index (χ1n) is 5.65. The standard InChI is InChI=1S/C11H21N3O4/c1-7(2)5-8(13-11(12)17)10(16)14(3)6-9(15)18-4/h7-8H,5-6H2,1-4H3,(H3,12,13,17). The summed E-state index contributed by atoms with van der Waals surface area (Å²) >= 11 is 0. The monoisotopic (exact) mass is 259 g/mol. The third-order valence-corrected chi connectivity index (χ3v) is 2.29. The van der Waals surface area contributed by atoms with Crippen molar-refractivity contribution in [2.75, 3.05) is 20.7 Å². The van der Waals surface area contributed by atoms with Gasteiger partial charge in [-0.3, -0.25) is 9.59 Å². The lowest BCUT2D eigenvalue weighted by Crippen LogP contribution is -2.50. The van der Waals surface area contributed by atoms with Gasteiger partial charge in [-0.2, -0.15) is 0 Å². The fourth-order valence-corrected chi connectivity index (χ4v) is 1.47. The number of hydrogen-bond donors (Lipinski definition) is 2. The van der Waals surface area contributed by atoms with E-state index in [9.17, 15) is 14.4 Å². The van der Waals surface area contributed by atoms with Crippen LogP contribution in [-0.2, 0) is 14.3 Å². The van der Waals surface area contributed by atoms with Crippen molar-refractivity contribution in [2.45, 2.75) is 26.3 Å². The van der Waals surface area contributed by atoms with Gasteiger partial charge in [-0.25, -0.2) is 4.79 Å². The molecule has 104 valence electrons. The van der Waals surface area contributed by atoms with E-state index in [0.717, 1.165) is 0 Å². The quantitative estimate of drug-likeness (QED) is 0.639. The number of hydrogen-bond acceptors (Lipinski definition) is 4. The zero-order valence-electron chi connectivity index (χ0n) is 11.2. The topological polar surface area (TPSA) is 102 Å². The number of esters is 1. The summed E-state index contributed by atoms with van der Waals surface area (Å²) in [6.45, 7) is 3.68. The van der Waals surface area contributed by atoms with Gasteiger partial charge in [-0.1, -0.05) is 13.8 Å². The highest BCUT2D eigenvalue weighted by molar-refractivity contribution is 5.88. The Kier molecular flexibility index (Phi) is 6.77. The molecule has 0 rings (SSSR count). The summed E-state index contributed by atoms with van der Waals surface area (Å²) in [6.07, 6.45) is 0.452. The van der Waals surface area contributed by atoms with Crippen LogP contribution >= 0.6 is 0 Å². The van der Waals surface area contributed by atoms with Crippen LogP contribution in [0.15, 0.2) is 0 Å². The molecule has 0 saturated heterocycles. The molecule has 0 fully saturated rings. The van der Waals surface area contributed by atoms with Crippen LogP contribution in [0, 0.1) is 5.92 Å². The fourth-order valence-electron chi connectivity index (χ4n) is 1.47. The van der Waals surface area contributed by atoms with Crippen molar-refractivity contribution in [2.24, 2.45) is 11.7 Å². The molecular weight excluding hydrogens is 238 g/mol. The van der Waals surface area contributed by atoms with Gasteiger partial charge in [-0.05, 0) is 12.3 Å². The molecule has 0 aromatic carbocycles. The smallest absolute Gasteiger partial charge is 0.325 e. The second-order valence-electron chi connectivity index (χ2n) is 4.46. The zero-order valence-corrected chi connectivity index (χ0v) is 11.2. The Morgan fingerprint density at radius 3 is 2.28 bits per heavy atom. The van der Waals surface area contributed by atoms with Gasteiger partial charge in [-0.15, -0.1) is 0 Å². The summed E-state index contributed by atoms with van der Waals surface area (Å²) in [7, 11) is 2.71. The average molecular weight is 259 g/mol. The van der Waals surface area contributed by atoms with E-state index in [1.54, 1.807) is 0 Å². The van der Waals surface area contributed by atoms with Crippen LogP contribution < -0.4 is 11.1 Å². The molecule has 3 N–H and O–H groups in total. The second kappa shape index (κ2) is 7.52. The molecule has 0 radical (unpaired) electrons. The summed E-state index contributed by atoms with van der Waals surface area (Å²) in [4.78, 5) is 35.1. The van der Waals surface area contributed by atoms with Crippen molar-refractivity contribution in [3.63, 3.8) is 0 Å². The Bertz CT molecular complexity index is 317. The van der Waals surface area contributed by atoms with Crippen molar-refractivity contribution in [1.29, 1.82) is 0 Å². The molecule has 7 nitrogen and oxygen atoms in total. The molecule has 18 heavy (non-hydrogen) atoms. The Labute approximate surface area is 107 Å². The van der Waals surface area contributed by atoms with E-state index >= 15 is 0 Å². The van der Waals surface area contributed by atoms with Crippen LogP contribution in [0.25, 0.3) is 0 Å². The van der Waals surface area contributed by atoms with E-state index in [-0.39, 0.29) is 18.4 Å². The number of amides is 3. The Hall–Kier alpha value is -1.79. The molecule has 0 saturated carbocycles. The lowest BCUT2D eigenvalue weighted by molar-refractivity contribution is -0.146. The number of nitrogens with zero attached hydrogens (tertiary/aromatic N) is 1. The number of primary amides is 1. The molecule has 0 aliphatic carbocycles. The third kappa shape index (κ3) is 6.07. The van der Waals surface area contributed by atoms with Crippen molar-refractivity contribution in [1.82, 2.24) is 10.2 Å². The molecule has 0 bridgehead atoms. The van der Waals surface area contributed by atoms with Gasteiger partial charge in [0.2, 0.25) is 5.91 Å². The molecule has 0 aromatic heterocycles. The van der Waals surface area contributed by atoms with E-state index < -0.39 is 18.0 Å². The van der Waals surface area contributed by atoms with Crippen molar-refractivity contribution in [3.8, 4) is 0 Å². The zero-order chi connectivity index (χ0) is 14.3. The molecule has 0 aromatic rings. The summed E-state index contributed by atoms with van der Waals surface area (Å²) in [5, 5.41) is 2.38. The highest BCUT2D eigenvalue weighted by Crippen LogP contribution is 2.07. The molecule has 7 heteroatoms. The van der Waals surface area contributed by atoms with E-state index in [2.05, 4.69) is 10.1 Å². The first-order chi connectivity index (χ1) is 8.27. The summed E-state index contributed by atoms with van der Waals surface area (Å²) in [5.74, 6) is -0.682. The van der Waals surface area contributed by atoms with Crippen LogP contribution in [0.3, 0.4) is 0 Å². The van der Waals surface area contributed by atoms with E-state index in [0.29, 0.717) is 6.42 Å². The minimum Gasteiger partial charge on any atom is -0.468 e. The third-order valence-electron chi connectivity index (χ3n) is 2.29. The maximum atomic E-state index is 12.0. The predicted molar refractivity (Wildman–Crippen MR) is 65.6 cm³/mol. The molecule has 1 unspecified atom stereocenters. The maximum absolute atomic E-state index is 12.0. The Balaban J connectivity index is 4.62. The van der Waals surface area contributed by atoms with E-state index in [4.69, 9.17) is 5.73 Å². The number of carbonyl (C=O) groups is 3. The van der Waals surface area contributed by atoms with Gasteiger partial charge >= 0.3 is 12.0 Å². The number of likely N-dealkylation sites (N-methyl/N-ethyl adjacent to an activating group) is 1. The Morgan fingerprint density at radius 2 is 1.89 bits per heavy atom. The van der Waals surface area contributed by atoms with Crippen LogP contribution in [0.1, 0.15) is 20.3 Å². The number of ether oxygens (including phenoxy) is 1. The molecule has 0 heterocycles. The van der Waals surface area contributed by atoms with Crippen molar-refractivity contribution in [3.05, 3.63) is 0 Å². The van der Waals surface area contributed by atoms with Gasteiger partial charge in [0.05, 0.1) is 7.11 Å². The van der Waals surface area contributed by atoms with Crippen molar-refractivity contribution >= 4 is 17.9 Å². The largest absolute Gasteiger partial charge is 0.468 e. The fraction of sp³-hybridized carbons (Fsp3) is 0.727. The lowest BCUT2D eigenvalue weighted by Gasteiger charge is -2.24. The first kappa shape index (κ1) is 16.2. The lowest BCUT2D eigenvalue weighted by atomic mass is 10.0. The highest BCUT2D eigenvalue weighted by Gasteiger charge is 2.25. The SMILES string of the molecule is COC(=O)CN(C)C(=O)C(CC(C)C)NC(N)=O. The number of carbonyl (C=O) groups excluding carboxylic acids is 3. The Morgan fingerprint density at radius 1 is 1.33 bits per heavy atom. The summed E-state index contributed by atoms with van der Waals surface area (Å²) < 4.78 is 4.47. The normalized spacial score (nSPS) is 11.8. The predicted octanol–water partition coefficient (Wildman–Crippen LogP) is -0.299. The van der Waals surface area contributed by atoms with Gasteiger partial charge in [0.25, 0.3) is 0 Å². The van der Waals surface area contributed by atoms with Crippen LogP contribution in [-0.4, -0.2) is 49.6 Å². The molecule has 0 aliphatic rings. The molecule has 0 aliphatic heterocycles. The molecule has 3 amide bonds. The second-order valence-corrected chi connectivity index (χ2v) is 4.46. The number of urea groups is 1. The van der Waals surface area contributed by atoms with E-state index in [1.807, 2.05) is 13.8 Å². The molecule has 1 atom stereocenters. The average Bonchev–Trinajstić information content (AvgIpc) is 2.25. The number of methoxy groups -OCH3 is 1. The number of rotatable bonds is 6. The van der Waals surface area contributed by atoms with Crippen LogP contribution in [0.5, 0.6) is 0 Å². The summed E-state index contributed by atoms with van der Waals surface area (Å²) in [5.41, 5.74) is 5.02. The van der Waals surface area contributed by atoms with E-state index in [1.165, 1.54) is 19.1 Å². The first-order valence-corrected chi connectivity index (χ1v) is 5.65. The molecular formula is C11H21N3O4. The van der Waals surface area contributed by atoms with Gasteiger partial charge in [0.15, 0.2) is 0 Å². The maximum Gasteiger partial charge on any atom is 0.325 e.